The third kappa shape index (κ3) is 3.70. The molecule has 2 unspecified atom stereocenters. The third-order valence-corrected chi connectivity index (χ3v) is 3.80. The van der Waals surface area contributed by atoms with Gasteiger partial charge in [-0.05, 0) is 30.9 Å². The van der Waals surface area contributed by atoms with Crippen molar-refractivity contribution in [2.75, 3.05) is 12.4 Å². The van der Waals surface area contributed by atoms with Crippen molar-refractivity contribution in [3.05, 3.63) is 29.8 Å². The molecule has 0 aliphatic heterocycles. The van der Waals surface area contributed by atoms with Gasteiger partial charge in [-0.15, -0.1) is 0 Å². The van der Waals surface area contributed by atoms with Gasteiger partial charge in [0, 0.05) is 38.3 Å². The monoisotopic (exact) mass is 261 g/mol. The fourth-order valence-corrected chi connectivity index (χ4v) is 2.53. The quantitative estimate of drug-likeness (QED) is 0.871. The highest BCUT2D eigenvalue weighted by atomic mass is 16.2. The molecule has 1 aromatic carbocycles. The Morgan fingerprint density at radius 2 is 2.16 bits per heavy atom. The fraction of sp³-hybridized carbons (Fsp3) is 0.533. The minimum absolute atomic E-state index is 0.0812. The lowest BCUT2D eigenvalue weighted by Crippen LogP contribution is -2.25. The highest BCUT2D eigenvalue weighted by Crippen LogP contribution is 2.24. The Kier molecular flexibility index (Phi) is 4.43. The van der Waals surface area contributed by atoms with Crippen LogP contribution < -0.4 is 11.1 Å². The van der Waals surface area contributed by atoms with Gasteiger partial charge in [-0.3, -0.25) is 4.79 Å². The molecule has 1 amide bonds. The first-order valence-electron chi connectivity index (χ1n) is 6.88. The molecule has 2 atom stereocenters. The Balaban J connectivity index is 2.05. The van der Waals surface area contributed by atoms with E-state index in [0.29, 0.717) is 18.6 Å². The summed E-state index contributed by atoms with van der Waals surface area (Å²) in [4.78, 5) is 13.1. The summed E-state index contributed by atoms with van der Waals surface area (Å²) < 4.78 is 0. The average Bonchev–Trinajstić information content (AvgIpc) is 2.77. The predicted molar refractivity (Wildman–Crippen MR) is 77.8 cm³/mol. The lowest BCUT2D eigenvalue weighted by molar-refractivity contribution is -0.128. The first kappa shape index (κ1) is 13.9. The Hall–Kier alpha value is -1.55. The van der Waals surface area contributed by atoms with Crippen LogP contribution in [0.3, 0.4) is 0 Å². The number of hydrogen-bond acceptors (Lipinski definition) is 3. The van der Waals surface area contributed by atoms with E-state index in [4.69, 9.17) is 5.73 Å². The van der Waals surface area contributed by atoms with Crippen LogP contribution in [0, 0.1) is 0 Å². The number of carbonyl (C=O) groups is 1. The van der Waals surface area contributed by atoms with Gasteiger partial charge in [0.2, 0.25) is 5.91 Å². The maximum absolute atomic E-state index is 11.3. The summed E-state index contributed by atoms with van der Waals surface area (Å²) in [6.45, 7) is 2.23. The second-order valence-corrected chi connectivity index (χ2v) is 5.45. The summed E-state index contributed by atoms with van der Waals surface area (Å²) in [6, 6.07) is 8.95. The summed E-state index contributed by atoms with van der Waals surface area (Å²) >= 11 is 0. The number of hydrogen-bond donors (Lipinski definition) is 2. The van der Waals surface area contributed by atoms with Crippen molar-refractivity contribution in [2.45, 2.75) is 44.8 Å². The van der Waals surface area contributed by atoms with Crippen molar-refractivity contribution in [1.82, 2.24) is 4.90 Å². The van der Waals surface area contributed by atoms with Gasteiger partial charge in [-0.1, -0.05) is 18.2 Å². The summed E-state index contributed by atoms with van der Waals surface area (Å²) in [6.07, 6.45) is 3.24. The molecule has 19 heavy (non-hydrogen) atoms. The molecule has 0 bridgehead atoms. The molecule has 4 heteroatoms. The standard InChI is InChI=1S/C15H23N3O/c1-11(19)18(2)10-12-5-3-4-6-15(12)17-14-8-7-13(16)9-14/h3-6,13-14,17H,7-10,16H2,1-2H3. The van der Waals surface area contributed by atoms with Gasteiger partial charge < -0.3 is 16.0 Å². The van der Waals surface area contributed by atoms with Gasteiger partial charge in [-0.25, -0.2) is 0 Å². The average molecular weight is 261 g/mol. The molecule has 3 N–H and O–H groups in total. The van der Waals surface area contributed by atoms with Gasteiger partial charge >= 0.3 is 0 Å². The summed E-state index contributed by atoms with van der Waals surface area (Å²) in [5.74, 6) is 0.0812. The number of nitrogens with two attached hydrogens (primary N) is 1. The lowest BCUT2D eigenvalue weighted by atomic mass is 10.1. The van der Waals surface area contributed by atoms with Crippen LogP contribution in [-0.4, -0.2) is 29.9 Å². The Bertz CT molecular complexity index is 447. The van der Waals surface area contributed by atoms with Crippen LogP contribution in [-0.2, 0) is 11.3 Å². The van der Waals surface area contributed by atoms with E-state index in [1.165, 1.54) is 0 Å². The van der Waals surface area contributed by atoms with E-state index in [1.807, 2.05) is 19.2 Å². The minimum Gasteiger partial charge on any atom is -0.382 e. The highest BCUT2D eigenvalue weighted by Gasteiger charge is 2.22. The Labute approximate surface area is 115 Å². The zero-order valence-corrected chi connectivity index (χ0v) is 11.7. The number of nitrogens with one attached hydrogen (secondary N) is 1. The molecule has 1 aromatic rings. The summed E-state index contributed by atoms with van der Waals surface area (Å²) in [5.41, 5.74) is 8.22. The van der Waals surface area contributed by atoms with Gasteiger partial charge in [0.15, 0.2) is 0 Å². The summed E-state index contributed by atoms with van der Waals surface area (Å²) in [7, 11) is 1.82. The molecule has 0 aromatic heterocycles. The number of para-hydroxylation sites is 1. The van der Waals surface area contributed by atoms with Gasteiger partial charge in [0.05, 0.1) is 0 Å². The van der Waals surface area contributed by atoms with Crippen LogP contribution in [0.1, 0.15) is 31.7 Å². The smallest absolute Gasteiger partial charge is 0.219 e. The van der Waals surface area contributed by atoms with Crippen LogP contribution >= 0.6 is 0 Å². The van der Waals surface area contributed by atoms with Crippen LogP contribution in [0.2, 0.25) is 0 Å². The molecule has 0 saturated heterocycles. The van der Waals surface area contributed by atoms with Gasteiger partial charge in [0.25, 0.3) is 0 Å². The largest absolute Gasteiger partial charge is 0.382 e. The van der Waals surface area contributed by atoms with Crippen molar-refractivity contribution in [2.24, 2.45) is 5.73 Å². The molecule has 4 nitrogen and oxygen atoms in total. The first-order chi connectivity index (χ1) is 9.06. The molecular weight excluding hydrogens is 238 g/mol. The Morgan fingerprint density at radius 3 is 2.79 bits per heavy atom. The van der Waals surface area contributed by atoms with Crippen molar-refractivity contribution in [3.63, 3.8) is 0 Å². The number of benzene rings is 1. The number of anilines is 1. The molecule has 1 saturated carbocycles. The first-order valence-corrected chi connectivity index (χ1v) is 6.88. The van der Waals surface area contributed by atoms with E-state index in [1.54, 1.807) is 11.8 Å². The van der Waals surface area contributed by atoms with Crippen LogP contribution in [0.15, 0.2) is 24.3 Å². The van der Waals surface area contributed by atoms with Crippen molar-refractivity contribution < 1.29 is 4.79 Å². The van der Waals surface area contributed by atoms with E-state index < -0.39 is 0 Å². The molecular formula is C15H23N3O. The second-order valence-electron chi connectivity index (χ2n) is 5.45. The lowest BCUT2D eigenvalue weighted by Gasteiger charge is -2.21. The zero-order chi connectivity index (χ0) is 13.8. The maximum Gasteiger partial charge on any atom is 0.219 e. The van der Waals surface area contributed by atoms with Crippen LogP contribution in [0.4, 0.5) is 5.69 Å². The van der Waals surface area contributed by atoms with E-state index in [9.17, 15) is 4.79 Å². The number of carbonyl (C=O) groups excluding carboxylic acids is 1. The minimum atomic E-state index is 0.0812. The third-order valence-electron chi connectivity index (χ3n) is 3.80. The Morgan fingerprint density at radius 1 is 1.42 bits per heavy atom. The molecule has 1 aliphatic rings. The highest BCUT2D eigenvalue weighted by molar-refractivity contribution is 5.73. The summed E-state index contributed by atoms with van der Waals surface area (Å²) in [5, 5.41) is 3.57. The van der Waals surface area contributed by atoms with E-state index in [2.05, 4.69) is 17.4 Å². The van der Waals surface area contributed by atoms with Crippen molar-refractivity contribution >= 4 is 11.6 Å². The fourth-order valence-electron chi connectivity index (χ4n) is 2.53. The molecule has 0 spiro atoms. The predicted octanol–water partition coefficient (Wildman–Crippen LogP) is 1.96. The van der Waals surface area contributed by atoms with Gasteiger partial charge in [-0.2, -0.15) is 0 Å². The maximum atomic E-state index is 11.3. The molecule has 2 rings (SSSR count). The normalized spacial score (nSPS) is 22.3. The van der Waals surface area contributed by atoms with Crippen LogP contribution in [0.5, 0.6) is 0 Å². The number of rotatable bonds is 4. The zero-order valence-electron chi connectivity index (χ0n) is 11.7. The molecule has 1 fully saturated rings. The second kappa shape index (κ2) is 6.06. The molecule has 1 aliphatic carbocycles. The van der Waals surface area contributed by atoms with Crippen molar-refractivity contribution in [1.29, 1.82) is 0 Å². The molecule has 104 valence electrons. The van der Waals surface area contributed by atoms with Crippen molar-refractivity contribution in [3.8, 4) is 0 Å². The van der Waals surface area contributed by atoms with E-state index in [0.717, 1.165) is 30.5 Å². The van der Waals surface area contributed by atoms with Gasteiger partial charge in [0.1, 0.15) is 0 Å². The molecule has 0 radical (unpaired) electrons. The number of nitrogens with zero attached hydrogens (tertiary/aromatic N) is 1. The number of amides is 1. The molecule has 0 heterocycles. The van der Waals surface area contributed by atoms with Crippen LogP contribution in [0.25, 0.3) is 0 Å². The topological polar surface area (TPSA) is 58.4 Å². The van der Waals surface area contributed by atoms with E-state index >= 15 is 0 Å². The van der Waals surface area contributed by atoms with E-state index in [-0.39, 0.29) is 5.91 Å². The SMILES string of the molecule is CC(=O)N(C)Cc1ccccc1NC1CCC(N)C1.